The molecule has 0 fully saturated rings. The Kier molecular flexibility index (Phi) is 7.10. The minimum atomic E-state index is 0.907. The van der Waals surface area contributed by atoms with Gasteiger partial charge < -0.3 is 8.98 Å². The molecule has 57 heavy (non-hydrogen) atoms. The molecule has 4 aromatic heterocycles. The normalized spacial score (nSPS) is 11.9. The molecular weight excluding hydrogens is 713 g/mol. The Morgan fingerprint density at radius 3 is 1.89 bits per heavy atom. The van der Waals surface area contributed by atoms with Gasteiger partial charge in [0.15, 0.2) is 0 Å². The molecule has 0 spiro atoms. The number of hydrogen-bond acceptors (Lipinski definition) is 3. The van der Waals surface area contributed by atoms with Crippen molar-refractivity contribution in [2.24, 2.45) is 0 Å². The highest BCUT2D eigenvalue weighted by atomic mass is 32.1. The van der Waals surface area contributed by atoms with Crippen molar-refractivity contribution in [1.82, 2.24) is 9.55 Å². The maximum absolute atomic E-state index is 6.32. The summed E-state index contributed by atoms with van der Waals surface area (Å²) in [6, 6.07) is 69.5. The van der Waals surface area contributed by atoms with Crippen molar-refractivity contribution >= 4 is 75.3 Å². The SMILES string of the molecule is c1ccc(-c2ccc(-c3cc(-c4ccc(-n5c6ccccc6c6c7c(ccc65)oc5ccccc57)cc4)nc(-c4cccc5c4sc4ccccc45)c3)cc2)cc1. The summed E-state index contributed by atoms with van der Waals surface area (Å²) in [5.41, 5.74) is 14.1. The van der Waals surface area contributed by atoms with Gasteiger partial charge in [-0.1, -0.05) is 140 Å². The summed E-state index contributed by atoms with van der Waals surface area (Å²) < 4.78 is 11.2. The quantitative estimate of drug-likeness (QED) is 0.176. The second kappa shape index (κ2) is 12.6. The van der Waals surface area contributed by atoms with Gasteiger partial charge in [0, 0.05) is 58.5 Å². The average molecular weight is 745 g/mol. The molecule has 0 radical (unpaired) electrons. The Balaban J connectivity index is 1.02. The van der Waals surface area contributed by atoms with Crippen LogP contribution in [-0.4, -0.2) is 9.55 Å². The second-order valence-electron chi connectivity index (χ2n) is 14.7. The summed E-state index contributed by atoms with van der Waals surface area (Å²) in [6.07, 6.45) is 0. The van der Waals surface area contributed by atoms with Crippen molar-refractivity contribution < 1.29 is 4.42 Å². The monoisotopic (exact) mass is 744 g/mol. The van der Waals surface area contributed by atoms with Crippen LogP contribution in [0.5, 0.6) is 0 Å². The second-order valence-corrected chi connectivity index (χ2v) is 15.7. The van der Waals surface area contributed by atoms with Gasteiger partial charge in [-0.05, 0) is 76.9 Å². The molecule has 12 rings (SSSR count). The highest BCUT2D eigenvalue weighted by Gasteiger charge is 2.19. The number of thiophene rings is 1. The van der Waals surface area contributed by atoms with Gasteiger partial charge in [0.1, 0.15) is 11.2 Å². The molecule has 12 aromatic rings. The minimum absolute atomic E-state index is 0.907. The summed E-state index contributed by atoms with van der Waals surface area (Å²) in [7, 11) is 0. The number of fused-ring (bicyclic) bond motifs is 10. The topological polar surface area (TPSA) is 31.0 Å². The smallest absolute Gasteiger partial charge is 0.136 e. The summed E-state index contributed by atoms with van der Waals surface area (Å²) in [4.78, 5) is 5.42. The molecule has 8 aromatic carbocycles. The number of benzene rings is 8. The zero-order valence-electron chi connectivity index (χ0n) is 30.7. The van der Waals surface area contributed by atoms with E-state index in [-0.39, 0.29) is 0 Å². The molecule has 3 nitrogen and oxygen atoms in total. The first-order chi connectivity index (χ1) is 28.2. The third kappa shape index (κ3) is 5.08. The van der Waals surface area contributed by atoms with E-state index in [9.17, 15) is 0 Å². The first kappa shape index (κ1) is 32.0. The number of rotatable bonds is 5. The molecule has 0 atom stereocenters. The molecule has 0 saturated carbocycles. The predicted octanol–water partition coefficient (Wildman–Crippen LogP) is 15.1. The van der Waals surface area contributed by atoms with Gasteiger partial charge in [-0.2, -0.15) is 0 Å². The predicted molar refractivity (Wildman–Crippen MR) is 240 cm³/mol. The number of furan rings is 1. The van der Waals surface area contributed by atoms with Crippen LogP contribution in [0.2, 0.25) is 0 Å². The molecule has 0 unspecified atom stereocenters. The van der Waals surface area contributed by atoms with Crippen LogP contribution in [0.15, 0.2) is 199 Å². The van der Waals surface area contributed by atoms with Crippen LogP contribution < -0.4 is 0 Å². The molecule has 0 amide bonds. The standard InChI is InChI=1S/C53H32N2OS/c1-2-11-33(12-3-1)34-21-23-35(24-22-34)37-31-44(54-45(32-37)41-17-10-16-40-39-13-6-9-20-50(39)57-53(40)41)36-25-27-38(28-26-36)55-46-18-7-4-14-42(46)51-47(55)29-30-49-52(51)43-15-5-8-19-48(43)56-49/h1-32H. The first-order valence-electron chi connectivity index (χ1n) is 19.3. The van der Waals surface area contributed by atoms with Crippen LogP contribution in [0.1, 0.15) is 0 Å². The van der Waals surface area contributed by atoms with Gasteiger partial charge in [0.2, 0.25) is 0 Å². The highest BCUT2D eigenvalue weighted by Crippen LogP contribution is 2.43. The number of nitrogens with zero attached hydrogens (tertiary/aromatic N) is 2. The molecular formula is C53H32N2OS. The maximum atomic E-state index is 6.32. The molecule has 266 valence electrons. The lowest BCUT2D eigenvalue weighted by atomic mass is 9.97. The highest BCUT2D eigenvalue weighted by molar-refractivity contribution is 7.26. The molecule has 0 aliphatic carbocycles. The summed E-state index contributed by atoms with van der Waals surface area (Å²) in [6.45, 7) is 0. The molecule has 0 N–H and O–H groups in total. The number of para-hydroxylation sites is 2. The van der Waals surface area contributed by atoms with E-state index < -0.39 is 0 Å². The number of hydrogen-bond donors (Lipinski definition) is 0. The van der Waals surface area contributed by atoms with E-state index in [1.807, 2.05) is 17.4 Å². The third-order valence-electron chi connectivity index (χ3n) is 11.4. The van der Waals surface area contributed by atoms with Crippen molar-refractivity contribution in [2.75, 3.05) is 0 Å². The van der Waals surface area contributed by atoms with E-state index in [1.54, 1.807) is 0 Å². The zero-order chi connectivity index (χ0) is 37.5. The third-order valence-corrected chi connectivity index (χ3v) is 12.6. The van der Waals surface area contributed by atoms with Crippen LogP contribution in [0.4, 0.5) is 0 Å². The van der Waals surface area contributed by atoms with Gasteiger partial charge in [-0.25, -0.2) is 4.98 Å². The Morgan fingerprint density at radius 2 is 1.05 bits per heavy atom. The van der Waals surface area contributed by atoms with E-state index in [4.69, 9.17) is 9.40 Å². The fourth-order valence-electron chi connectivity index (χ4n) is 8.75. The Hall–Kier alpha value is -7.27. The van der Waals surface area contributed by atoms with Gasteiger partial charge in [0.25, 0.3) is 0 Å². The van der Waals surface area contributed by atoms with Crippen molar-refractivity contribution in [3.05, 3.63) is 194 Å². The van der Waals surface area contributed by atoms with Crippen molar-refractivity contribution in [1.29, 1.82) is 0 Å². The lowest BCUT2D eigenvalue weighted by molar-refractivity contribution is 0.669. The van der Waals surface area contributed by atoms with E-state index in [0.717, 1.165) is 72.3 Å². The molecule has 4 heteroatoms. The lowest BCUT2D eigenvalue weighted by Crippen LogP contribution is -1.95. The van der Waals surface area contributed by atoms with Gasteiger partial charge in [0.05, 0.1) is 22.4 Å². The molecule has 4 heterocycles. The van der Waals surface area contributed by atoms with Crippen LogP contribution in [0, 0.1) is 0 Å². The van der Waals surface area contributed by atoms with Crippen molar-refractivity contribution in [2.45, 2.75) is 0 Å². The Labute approximate surface area is 332 Å². The van der Waals surface area contributed by atoms with Crippen LogP contribution in [0.3, 0.4) is 0 Å². The molecule has 0 aliphatic rings. The van der Waals surface area contributed by atoms with Gasteiger partial charge in [-0.15, -0.1) is 11.3 Å². The van der Waals surface area contributed by atoms with Crippen molar-refractivity contribution in [3.63, 3.8) is 0 Å². The van der Waals surface area contributed by atoms with Crippen molar-refractivity contribution in [3.8, 4) is 50.5 Å². The van der Waals surface area contributed by atoms with Crippen LogP contribution in [-0.2, 0) is 0 Å². The Morgan fingerprint density at radius 1 is 0.404 bits per heavy atom. The van der Waals surface area contributed by atoms with E-state index in [1.165, 1.54) is 42.1 Å². The van der Waals surface area contributed by atoms with Crippen LogP contribution in [0.25, 0.3) is 114 Å². The largest absolute Gasteiger partial charge is 0.456 e. The Bertz CT molecular complexity index is 3500. The van der Waals surface area contributed by atoms with E-state index in [2.05, 4.69) is 193 Å². The van der Waals surface area contributed by atoms with Gasteiger partial charge >= 0.3 is 0 Å². The molecule has 0 saturated heterocycles. The molecule has 0 bridgehead atoms. The van der Waals surface area contributed by atoms with Gasteiger partial charge in [-0.3, -0.25) is 0 Å². The summed E-state index contributed by atoms with van der Waals surface area (Å²) in [5.74, 6) is 0. The number of aromatic nitrogens is 2. The minimum Gasteiger partial charge on any atom is -0.456 e. The lowest BCUT2D eigenvalue weighted by Gasteiger charge is -2.13. The molecule has 0 aliphatic heterocycles. The van der Waals surface area contributed by atoms with E-state index in [0.29, 0.717) is 0 Å². The maximum Gasteiger partial charge on any atom is 0.136 e. The fraction of sp³-hybridized carbons (Fsp3) is 0. The fourth-order valence-corrected chi connectivity index (χ4v) is 9.98. The summed E-state index contributed by atoms with van der Waals surface area (Å²) in [5, 5.41) is 7.28. The summed E-state index contributed by atoms with van der Waals surface area (Å²) >= 11 is 1.84. The van der Waals surface area contributed by atoms with E-state index >= 15 is 0 Å². The zero-order valence-corrected chi connectivity index (χ0v) is 31.5. The van der Waals surface area contributed by atoms with Crippen LogP contribution >= 0.6 is 11.3 Å². The average Bonchev–Trinajstić information content (AvgIpc) is 3.96. The first-order valence-corrected chi connectivity index (χ1v) is 20.1. The number of pyridine rings is 1.